The maximum atomic E-state index is 12.3. The molecule has 2 aromatic heterocycles. The minimum atomic E-state index is -0.345. The first kappa shape index (κ1) is 15.9. The normalized spacial score (nSPS) is 11.0. The minimum absolute atomic E-state index is 0.0590. The Kier molecular flexibility index (Phi) is 4.74. The van der Waals surface area contributed by atoms with Crippen molar-refractivity contribution in [2.45, 2.75) is 26.8 Å². The molecule has 0 aliphatic rings. The molecule has 22 heavy (non-hydrogen) atoms. The van der Waals surface area contributed by atoms with E-state index in [-0.39, 0.29) is 24.3 Å². The molecule has 2 heterocycles. The fourth-order valence-corrected chi connectivity index (χ4v) is 1.89. The van der Waals surface area contributed by atoms with Crippen molar-refractivity contribution in [1.82, 2.24) is 29.8 Å². The molecule has 0 bridgehead atoms. The first-order valence-electron chi connectivity index (χ1n) is 6.92. The van der Waals surface area contributed by atoms with E-state index in [4.69, 9.17) is 9.26 Å². The fourth-order valence-electron chi connectivity index (χ4n) is 1.89. The van der Waals surface area contributed by atoms with Gasteiger partial charge in [0.25, 0.3) is 5.91 Å². The summed E-state index contributed by atoms with van der Waals surface area (Å²) in [4.78, 5) is 21.9. The maximum absolute atomic E-state index is 12.3. The monoisotopic (exact) mass is 308 g/mol. The highest BCUT2D eigenvalue weighted by Crippen LogP contribution is 2.10. The lowest BCUT2D eigenvalue weighted by atomic mass is 10.1. The summed E-state index contributed by atoms with van der Waals surface area (Å²) >= 11 is 0. The highest BCUT2D eigenvalue weighted by atomic mass is 16.5. The van der Waals surface area contributed by atoms with Crippen molar-refractivity contribution in [2.24, 2.45) is 13.0 Å². The largest absolute Gasteiger partial charge is 0.467 e. The quantitative estimate of drug-likeness (QED) is 0.773. The average Bonchev–Trinajstić information content (AvgIpc) is 3.03. The second kappa shape index (κ2) is 6.54. The van der Waals surface area contributed by atoms with Crippen molar-refractivity contribution in [3.63, 3.8) is 0 Å². The van der Waals surface area contributed by atoms with Crippen molar-refractivity contribution < 1.29 is 14.1 Å². The number of rotatable bonds is 6. The molecule has 9 heteroatoms. The van der Waals surface area contributed by atoms with Crippen LogP contribution >= 0.6 is 0 Å². The van der Waals surface area contributed by atoms with Crippen LogP contribution in [-0.4, -0.2) is 49.9 Å². The number of carbonyl (C=O) groups is 1. The summed E-state index contributed by atoms with van der Waals surface area (Å²) in [6.07, 6.45) is 0.736. The van der Waals surface area contributed by atoms with Gasteiger partial charge in [0.15, 0.2) is 5.82 Å². The number of hydrogen-bond donors (Lipinski definition) is 0. The van der Waals surface area contributed by atoms with E-state index in [1.165, 1.54) is 16.7 Å². The smallest absolute Gasteiger partial charge is 0.314 e. The van der Waals surface area contributed by atoms with E-state index in [1.54, 1.807) is 14.1 Å². The third kappa shape index (κ3) is 3.60. The van der Waals surface area contributed by atoms with Crippen LogP contribution in [-0.2, 0) is 20.0 Å². The molecule has 0 unspecified atom stereocenters. The van der Waals surface area contributed by atoms with Gasteiger partial charge in [-0.2, -0.15) is 9.97 Å². The van der Waals surface area contributed by atoms with Gasteiger partial charge >= 0.3 is 6.01 Å². The number of carbonyl (C=O) groups excluding carboxylic acids is 1. The molecule has 120 valence electrons. The van der Waals surface area contributed by atoms with Gasteiger partial charge in [-0.3, -0.25) is 4.79 Å². The summed E-state index contributed by atoms with van der Waals surface area (Å²) in [7, 11) is 4.74. The zero-order valence-electron chi connectivity index (χ0n) is 13.4. The van der Waals surface area contributed by atoms with Crippen molar-refractivity contribution in [1.29, 1.82) is 0 Å². The van der Waals surface area contributed by atoms with Gasteiger partial charge in [-0.25, -0.2) is 4.68 Å². The van der Waals surface area contributed by atoms with Crippen molar-refractivity contribution in [2.75, 3.05) is 14.2 Å². The van der Waals surface area contributed by atoms with E-state index >= 15 is 0 Å². The summed E-state index contributed by atoms with van der Waals surface area (Å²) in [6.45, 7) is 4.35. The molecule has 2 aromatic rings. The number of aromatic nitrogens is 5. The predicted molar refractivity (Wildman–Crippen MR) is 76.2 cm³/mol. The van der Waals surface area contributed by atoms with E-state index in [0.717, 1.165) is 6.42 Å². The summed E-state index contributed by atoms with van der Waals surface area (Å²) < 4.78 is 11.5. The minimum Gasteiger partial charge on any atom is -0.467 e. The summed E-state index contributed by atoms with van der Waals surface area (Å²) in [6, 6.07) is 0.272. The van der Waals surface area contributed by atoms with Gasteiger partial charge < -0.3 is 14.2 Å². The lowest BCUT2D eigenvalue weighted by molar-refractivity contribution is 0.0757. The molecule has 0 spiro atoms. The molecule has 0 radical (unpaired) electrons. The Morgan fingerprint density at radius 3 is 2.73 bits per heavy atom. The van der Waals surface area contributed by atoms with Crippen LogP contribution in [0.4, 0.5) is 0 Å². The third-order valence-corrected chi connectivity index (χ3v) is 2.92. The van der Waals surface area contributed by atoms with Gasteiger partial charge in [-0.15, -0.1) is 5.10 Å². The average molecular weight is 308 g/mol. The number of aryl methyl sites for hydroxylation is 1. The number of hydrogen-bond acceptors (Lipinski definition) is 7. The second-order valence-corrected chi connectivity index (χ2v) is 5.41. The van der Waals surface area contributed by atoms with Crippen LogP contribution in [0, 0.1) is 5.92 Å². The Bertz CT molecular complexity index is 648. The van der Waals surface area contributed by atoms with Crippen LogP contribution < -0.4 is 4.74 Å². The Morgan fingerprint density at radius 2 is 2.14 bits per heavy atom. The van der Waals surface area contributed by atoms with Crippen LogP contribution in [0.3, 0.4) is 0 Å². The van der Waals surface area contributed by atoms with E-state index in [2.05, 4.69) is 34.1 Å². The molecule has 0 atom stereocenters. The second-order valence-electron chi connectivity index (χ2n) is 5.41. The topological polar surface area (TPSA) is 99.2 Å². The summed E-state index contributed by atoms with van der Waals surface area (Å²) in [5.74, 6) is 1.18. The van der Waals surface area contributed by atoms with Gasteiger partial charge in [-0.1, -0.05) is 19.0 Å². The molecule has 1 amide bonds. The van der Waals surface area contributed by atoms with Crippen LogP contribution in [0.5, 0.6) is 6.01 Å². The number of ether oxygens (including phenoxy) is 1. The molecule has 0 saturated carbocycles. The highest BCUT2D eigenvalue weighted by molar-refractivity contribution is 5.90. The lowest BCUT2D eigenvalue weighted by Crippen LogP contribution is -2.27. The molecule has 0 aliphatic carbocycles. The first-order chi connectivity index (χ1) is 10.4. The van der Waals surface area contributed by atoms with Crippen molar-refractivity contribution >= 4 is 5.91 Å². The van der Waals surface area contributed by atoms with E-state index in [0.29, 0.717) is 17.6 Å². The zero-order valence-corrected chi connectivity index (χ0v) is 13.4. The Labute approximate surface area is 128 Å². The van der Waals surface area contributed by atoms with Gasteiger partial charge in [0.2, 0.25) is 11.7 Å². The van der Waals surface area contributed by atoms with Crippen molar-refractivity contribution in [3.8, 4) is 6.01 Å². The summed E-state index contributed by atoms with van der Waals surface area (Å²) in [5, 5.41) is 7.90. The van der Waals surface area contributed by atoms with Crippen LogP contribution in [0.25, 0.3) is 0 Å². The standard InChI is InChI=1S/C13H20N6O3/c1-8(2)6-9-14-10(22-17-9)7-18(3)12(20)11-15-13(21-5)19(4)16-11/h8H,6-7H2,1-5H3. The highest BCUT2D eigenvalue weighted by Gasteiger charge is 2.21. The molecule has 2 rings (SSSR count). The molecule has 0 fully saturated rings. The van der Waals surface area contributed by atoms with Gasteiger partial charge in [0.05, 0.1) is 7.11 Å². The zero-order chi connectivity index (χ0) is 16.3. The van der Waals surface area contributed by atoms with Gasteiger partial charge in [0, 0.05) is 20.5 Å². The van der Waals surface area contributed by atoms with E-state index in [9.17, 15) is 4.79 Å². The molecule has 0 saturated heterocycles. The van der Waals surface area contributed by atoms with E-state index in [1.807, 2.05) is 0 Å². The molecular weight excluding hydrogens is 288 g/mol. The molecule has 9 nitrogen and oxygen atoms in total. The maximum Gasteiger partial charge on any atom is 0.314 e. The SMILES string of the molecule is COc1nc(C(=O)N(C)Cc2nc(CC(C)C)no2)nn1C. The van der Waals surface area contributed by atoms with Crippen LogP contribution in [0.2, 0.25) is 0 Å². The molecule has 0 aromatic carbocycles. The first-order valence-corrected chi connectivity index (χ1v) is 6.92. The fraction of sp³-hybridized carbons (Fsp3) is 0.615. The van der Waals surface area contributed by atoms with Crippen molar-refractivity contribution in [3.05, 3.63) is 17.5 Å². The van der Waals surface area contributed by atoms with Crippen LogP contribution in [0.1, 0.15) is 36.2 Å². The number of methoxy groups -OCH3 is 1. The molecular formula is C13H20N6O3. The Balaban J connectivity index is 2.02. The predicted octanol–water partition coefficient (Wildman–Crippen LogP) is 0.677. The number of nitrogens with zero attached hydrogens (tertiary/aromatic N) is 6. The van der Waals surface area contributed by atoms with Crippen LogP contribution in [0.15, 0.2) is 4.52 Å². The summed E-state index contributed by atoms with van der Waals surface area (Å²) in [5.41, 5.74) is 0. The Hall–Kier alpha value is -2.45. The number of amides is 1. The molecule has 0 N–H and O–H groups in total. The third-order valence-electron chi connectivity index (χ3n) is 2.92. The van der Waals surface area contributed by atoms with E-state index < -0.39 is 0 Å². The Morgan fingerprint density at radius 1 is 1.41 bits per heavy atom. The lowest BCUT2D eigenvalue weighted by Gasteiger charge is -2.11. The molecule has 0 aliphatic heterocycles. The van der Waals surface area contributed by atoms with Gasteiger partial charge in [-0.05, 0) is 5.92 Å². The van der Waals surface area contributed by atoms with Gasteiger partial charge in [0.1, 0.15) is 6.54 Å².